The zero-order chi connectivity index (χ0) is 9.52. The molecular formula is C10H14OS2. The second-order valence-electron chi connectivity index (χ2n) is 2.54. The van der Waals surface area contributed by atoms with E-state index in [-0.39, 0.29) is 0 Å². The van der Waals surface area contributed by atoms with Gasteiger partial charge in [-0.3, -0.25) is 0 Å². The molecule has 72 valence electrons. The lowest BCUT2D eigenvalue weighted by atomic mass is 10.3. The molecule has 1 N–H and O–H groups in total. The van der Waals surface area contributed by atoms with Crippen molar-refractivity contribution < 1.29 is 5.11 Å². The number of rotatable bonds is 5. The molecule has 0 aliphatic rings. The van der Waals surface area contributed by atoms with Crippen molar-refractivity contribution in [2.24, 2.45) is 0 Å². The molecule has 0 bridgehead atoms. The Morgan fingerprint density at radius 1 is 1.15 bits per heavy atom. The molecule has 0 saturated carbocycles. The summed E-state index contributed by atoms with van der Waals surface area (Å²) in [7, 11) is 0. The predicted octanol–water partition coefficient (Wildman–Crippen LogP) is 3.24. The standard InChI is InChI=1S/C10H14OS2/c1-2-12-7-8-13-10-5-3-9(11)4-6-10/h3-6,11H,2,7-8H2,1H3. The van der Waals surface area contributed by atoms with E-state index < -0.39 is 0 Å². The van der Waals surface area contributed by atoms with Crippen molar-refractivity contribution in [3.63, 3.8) is 0 Å². The van der Waals surface area contributed by atoms with Gasteiger partial charge < -0.3 is 5.11 Å². The number of thioether (sulfide) groups is 2. The first-order valence-corrected chi connectivity index (χ1v) is 6.46. The van der Waals surface area contributed by atoms with E-state index in [2.05, 4.69) is 6.92 Å². The summed E-state index contributed by atoms with van der Waals surface area (Å²) in [6, 6.07) is 7.37. The van der Waals surface area contributed by atoms with Gasteiger partial charge in [-0.2, -0.15) is 11.8 Å². The summed E-state index contributed by atoms with van der Waals surface area (Å²) >= 11 is 3.80. The maximum absolute atomic E-state index is 9.05. The van der Waals surface area contributed by atoms with Crippen LogP contribution in [-0.2, 0) is 0 Å². The molecule has 0 aromatic heterocycles. The van der Waals surface area contributed by atoms with Crippen LogP contribution >= 0.6 is 23.5 Å². The van der Waals surface area contributed by atoms with Crippen molar-refractivity contribution in [2.45, 2.75) is 11.8 Å². The smallest absolute Gasteiger partial charge is 0.115 e. The van der Waals surface area contributed by atoms with Gasteiger partial charge >= 0.3 is 0 Å². The average Bonchev–Trinajstić information content (AvgIpc) is 2.15. The molecule has 0 atom stereocenters. The topological polar surface area (TPSA) is 20.2 Å². The van der Waals surface area contributed by atoms with Crippen molar-refractivity contribution in [3.05, 3.63) is 24.3 Å². The van der Waals surface area contributed by atoms with E-state index in [1.807, 2.05) is 35.7 Å². The van der Waals surface area contributed by atoms with E-state index in [0.717, 1.165) is 5.75 Å². The monoisotopic (exact) mass is 214 g/mol. The number of hydrogen-bond acceptors (Lipinski definition) is 3. The Labute approximate surface area is 87.9 Å². The van der Waals surface area contributed by atoms with Crippen molar-refractivity contribution in [3.8, 4) is 5.75 Å². The Kier molecular flexibility index (Phi) is 5.16. The molecule has 1 rings (SSSR count). The van der Waals surface area contributed by atoms with Gasteiger partial charge in [0.05, 0.1) is 0 Å². The zero-order valence-corrected chi connectivity index (χ0v) is 9.33. The molecular weight excluding hydrogens is 200 g/mol. The van der Waals surface area contributed by atoms with Crippen molar-refractivity contribution in [1.29, 1.82) is 0 Å². The number of hydrogen-bond donors (Lipinski definition) is 1. The van der Waals surface area contributed by atoms with Crippen LogP contribution in [0.3, 0.4) is 0 Å². The van der Waals surface area contributed by atoms with Crippen LogP contribution in [0.1, 0.15) is 6.92 Å². The third kappa shape index (κ3) is 4.48. The van der Waals surface area contributed by atoms with E-state index in [9.17, 15) is 0 Å². The SMILES string of the molecule is CCSCCSc1ccc(O)cc1. The normalized spacial score (nSPS) is 10.2. The number of aromatic hydroxyl groups is 1. The molecule has 1 aromatic carbocycles. The summed E-state index contributed by atoms with van der Waals surface area (Å²) in [4.78, 5) is 1.23. The van der Waals surface area contributed by atoms with Crippen LogP contribution in [0, 0.1) is 0 Å². The van der Waals surface area contributed by atoms with Crippen LogP contribution in [0.15, 0.2) is 29.2 Å². The fourth-order valence-electron chi connectivity index (χ4n) is 0.905. The van der Waals surface area contributed by atoms with Crippen LogP contribution < -0.4 is 0 Å². The maximum Gasteiger partial charge on any atom is 0.115 e. The first-order valence-electron chi connectivity index (χ1n) is 4.32. The van der Waals surface area contributed by atoms with Crippen LogP contribution in [0.25, 0.3) is 0 Å². The van der Waals surface area contributed by atoms with Gasteiger partial charge in [-0.1, -0.05) is 6.92 Å². The minimum atomic E-state index is 0.340. The van der Waals surface area contributed by atoms with Gasteiger partial charge in [-0.15, -0.1) is 11.8 Å². The Balaban J connectivity index is 2.25. The van der Waals surface area contributed by atoms with Crippen molar-refractivity contribution in [1.82, 2.24) is 0 Å². The molecule has 1 nitrogen and oxygen atoms in total. The van der Waals surface area contributed by atoms with E-state index in [1.54, 1.807) is 12.1 Å². The summed E-state index contributed by atoms with van der Waals surface area (Å²) in [6.45, 7) is 2.18. The minimum absolute atomic E-state index is 0.340. The van der Waals surface area contributed by atoms with E-state index >= 15 is 0 Å². The first kappa shape index (κ1) is 10.8. The van der Waals surface area contributed by atoms with Gasteiger partial charge in [0.1, 0.15) is 5.75 Å². The van der Waals surface area contributed by atoms with E-state index in [4.69, 9.17) is 5.11 Å². The van der Waals surface area contributed by atoms with E-state index in [0.29, 0.717) is 5.75 Å². The second-order valence-corrected chi connectivity index (χ2v) is 5.10. The van der Waals surface area contributed by atoms with Crippen LogP contribution in [-0.4, -0.2) is 22.4 Å². The quantitative estimate of drug-likeness (QED) is 0.600. The molecule has 0 unspecified atom stereocenters. The fourth-order valence-corrected chi connectivity index (χ4v) is 2.56. The minimum Gasteiger partial charge on any atom is -0.508 e. The van der Waals surface area contributed by atoms with Gasteiger partial charge in [-0.05, 0) is 30.0 Å². The molecule has 0 aliphatic carbocycles. The van der Waals surface area contributed by atoms with E-state index in [1.165, 1.54) is 16.4 Å². The molecule has 0 aliphatic heterocycles. The summed E-state index contributed by atoms with van der Waals surface area (Å²) in [5.74, 6) is 3.87. The maximum atomic E-state index is 9.05. The molecule has 0 radical (unpaired) electrons. The number of phenolic OH excluding ortho intramolecular Hbond substituents is 1. The Bertz CT molecular complexity index is 233. The number of benzene rings is 1. The third-order valence-corrected chi connectivity index (χ3v) is 3.71. The summed E-state index contributed by atoms with van der Waals surface area (Å²) in [5.41, 5.74) is 0. The highest BCUT2D eigenvalue weighted by Gasteiger charge is 1.93. The van der Waals surface area contributed by atoms with Gasteiger partial charge in [0.25, 0.3) is 0 Å². The van der Waals surface area contributed by atoms with Crippen LogP contribution in [0.5, 0.6) is 5.75 Å². The highest BCUT2D eigenvalue weighted by atomic mass is 32.2. The Morgan fingerprint density at radius 3 is 2.46 bits per heavy atom. The lowest BCUT2D eigenvalue weighted by Crippen LogP contribution is -1.83. The van der Waals surface area contributed by atoms with Gasteiger partial charge in [-0.25, -0.2) is 0 Å². The lowest BCUT2D eigenvalue weighted by Gasteiger charge is -2.00. The van der Waals surface area contributed by atoms with Gasteiger partial charge in [0.2, 0.25) is 0 Å². The predicted molar refractivity (Wildman–Crippen MR) is 61.8 cm³/mol. The van der Waals surface area contributed by atoms with Gasteiger partial charge in [0.15, 0.2) is 0 Å². The molecule has 0 spiro atoms. The van der Waals surface area contributed by atoms with Crippen molar-refractivity contribution >= 4 is 23.5 Å². The molecule has 3 heteroatoms. The largest absolute Gasteiger partial charge is 0.508 e. The molecule has 0 amide bonds. The molecule has 1 aromatic rings. The van der Waals surface area contributed by atoms with Crippen molar-refractivity contribution in [2.75, 3.05) is 17.3 Å². The Hall–Kier alpha value is -0.280. The Morgan fingerprint density at radius 2 is 1.85 bits per heavy atom. The highest BCUT2D eigenvalue weighted by molar-refractivity contribution is 8.02. The zero-order valence-electron chi connectivity index (χ0n) is 7.69. The summed E-state index contributed by atoms with van der Waals surface area (Å²) < 4.78 is 0. The number of phenols is 1. The molecule has 13 heavy (non-hydrogen) atoms. The lowest BCUT2D eigenvalue weighted by molar-refractivity contribution is 0.475. The molecule has 0 fully saturated rings. The first-order chi connectivity index (χ1) is 6.33. The summed E-state index contributed by atoms with van der Waals surface area (Å²) in [6.07, 6.45) is 0. The third-order valence-electron chi connectivity index (χ3n) is 1.54. The molecule has 0 heterocycles. The second kappa shape index (κ2) is 6.22. The average molecular weight is 214 g/mol. The van der Waals surface area contributed by atoms with Gasteiger partial charge in [0, 0.05) is 16.4 Å². The van der Waals surface area contributed by atoms with Crippen LogP contribution in [0.2, 0.25) is 0 Å². The summed E-state index contributed by atoms with van der Waals surface area (Å²) in [5, 5.41) is 9.05. The van der Waals surface area contributed by atoms with Crippen LogP contribution in [0.4, 0.5) is 0 Å². The highest BCUT2D eigenvalue weighted by Crippen LogP contribution is 2.21. The molecule has 0 saturated heterocycles. The fraction of sp³-hybridized carbons (Fsp3) is 0.400.